The maximum Gasteiger partial charge on any atom is 0.240 e. The van der Waals surface area contributed by atoms with E-state index in [0.29, 0.717) is 0 Å². The molecule has 0 fully saturated rings. The van der Waals surface area contributed by atoms with E-state index in [1.165, 1.54) is 6.07 Å². The Bertz CT molecular complexity index is 585. The van der Waals surface area contributed by atoms with Crippen molar-refractivity contribution in [3.05, 3.63) is 15.7 Å². The lowest BCUT2D eigenvalue weighted by Crippen LogP contribution is -2.18. The summed E-state index contributed by atoms with van der Waals surface area (Å²) in [4.78, 5) is -0.789. The van der Waals surface area contributed by atoms with Gasteiger partial charge in [0.15, 0.2) is 0 Å². The van der Waals surface area contributed by atoms with E-state index in [-0.39, 0.29) is 14.2 Å². The van der Waals surface area contributed by atoms with Crippen molar-refractivity contribution in [1.29, 1.82) is 0 Å². The molecule has 0 bridgehead atoms. The van der Waals surface area contributed by atoms with Crippen molar-refractivity contribution in [2.45, 2.75) is 9.79 Å². The first kappa shape index (κ1) is 13.6. The lowest BCUT2D eigenvalue weighted by Gasteiger charge is -2.07. The minimum absolute atomic E-state index is 0.126. The molecular weight excluding hydrogens is 369 g/mol. The van der Waals surface area contributed by atoms with Crippen LogP contribution >= 0.6 is 22.6 Å². The van der Waals surface area contributed by atoms with Crippen LogP contribution < -0.4 is 16.0 Å². The average Bonchev–Trinajstić information content (AvgIpc) is 1.97. The van der Waals surface area contributed by atoms with E-state index in [9.17, 15) is 16.8 Å². The average molecular weight is 377 g/mol. The number of nitrogen functional groups attached to an aromatic ring is 1. The van der Waals surface area contributed by atoms with E-state index < -0.39 is 24.9 Å². The molecule has 1 aromatic rings. The third-order valence-corrected chi connectivity index (χ3v) is 4.85. The van der Waals surface area contributed by atoms with E-state index in [4.69, 9.17) is 16.0 Å². The van der Waals surface area contributed by atoms with Crippen molar-refractivity contribution >= 4 is 48.3 Å². The Hall–Kier alpha value is -0.430. The highest BCUT2D eigenvalue weighted by Crippen LogP contribution is 2.26. The number of sulfonamides is 2. The number of hydrogen-bond donors (Lipinski definition) is 3. The number of halogens is 1. The van der Waals surface area contributed by atoms with Gasteiger partial charge in [0.2, 0.25) is 20.0 Å². The fourth-order valence-electron chi connectivity index (χ4n) is 1.01. The van der Waals surface area contributed by atoms with Gasteiger partial charge in [0.1, 0.15) is 4.90 Å². The first-order valence-electron chi connectivity index (χ1n) is 3.68. The third-order valence-electron chi connectivity index (χ3n) is 1.68. The van der Waals surface area contributed by atoms with Crippen LogP contribution in [0.25, 0.3) is 0 Å². The predicted molar refractivity (Wildman–Crippen MR) is 66.3 cm³/mol. The maximum atomic E-state index is 11.1. The summed E-state index contributed by atoms with van der Waals surface area (Å²) in [5, 5.41) is 9.78. The fraction of sp³-hybridized carbons (Fsp3) is 0. The molecule has 0 aliphatic heterocycles. The van der Waals surface area contributed by atoms with E-state index in [1.54, 1.807) is 22.6 Å². The second-order valence-corrected chi connectivity index (χ2v) is 7.13. The number of rotatable bonds is 2. The van der Waals surface area contributed by atoms with Gasteiger partial charge in [-0.25, -0.2) is 27.1 Å². The van der Waals surface area contributed by atoms with Gasteiger partial charge in [0, 0.05) is 3.57 Å². The zero-order chi connectivity index (χ0) is 12.7. The highest BCUT2D eigenvalue weighted by molar-refractivity contribution is 14.1. The Balaban J connectivity index is 3.72. The summed E-state index contributed by atoms with van der Waals surface area (Å²) in [6.45, 7) is 0. The van der Waals surface area contributed by atoms with E-state index in [1.807, 2.05) is 0 Å². The molecule has 0 atom stereocenters. The van der Waals surface area contributed by atoms with Crippen LogP contribution in [0.1, 0.15) is 0 Å². The van der Waals surface area contributed by atoms with Crippen molar-refractivity contribution in [1.82, 2.24) is 0 Å². The number of anilines is 1. The summed E-state index contributed by atoms with van der Waals surface area (Å²) < 4.78 is 44.7. The molecule has 0 amide bonds. The molecular formula is C6H8IN3O4S2. The molecule has 0 aliphatic rings. The summed E-state index contributed by atoms with van der Waals surface area (Å²) >= 11 is 1.68. The fourth-order valence-corrected chi connectivity index (χ4v) is 3.78. The van der Waals surface area contributed by atoms with Gasteiger partial charge >= 0.3 is 0 Å². The summed E-state index contributed by atoms with van der Waals surface area (Å²) in [5.74, 6) is 0. The number of primary sulfonamides is 2. The highest BCUT2D eigenvalue weighted by Gasteiger charge is 2.20. The quantitative estimate of drug-likeness (QED) is 0.455. The molecule has 0 aromatic heterocycles. The molecule has 6 N–H and O–H groups in total. The standard InChI is InChI=1S/C6H8IN3O4S2/c7-3-1-4(8)6(16(10,13)14)2-5(3)15(9,11)12/h1-2H,8H2,(H2,9,11,12)(H2,10,13,14). The smallest absolute Gasteiger partial charge is 0.240 e. The molecule has 0 aliphatic carbocycles. The molecule has 0 radical (unpaired) electrons. The zero-order valence-corrected chi connectivity index (χ0v) is 11.5. The Labute approximate surface area is 106 Å². The largest absolute Gasteiger partial charge is 0.398 e. The second kappa shape index (κ2) is 4.10. The van der Waals surface area contributed by atoms with Crippen molar-refractivity contribution in [3.63, 3.8) is 0 Å². The van der Waals surface area contributed by atoms with Crippen molar-refractivity contribution in [2.75, 3.05) is 5.73 Å². The molecule has 0 saturated heterocycles. The van der Waals surface area contributed by atoms with E-state index in [2.05, 4.69) is 0 Å². The Morgan fingerprint density at radius 1 is 0.938 bits per heavy atom. The van der Waals surface area contributed by atoms with E-state index in [0.717, 1.165) is 6.07 Å². The lowest BCUT2D eigenvalue weighted by molar-refractivity contribution is 0.596. The molecule has 90 valence electrons. The van der Waals surface area contributed by atoms with Gasteiger partial charge in [0.25, 0.3) is 0 Å². The molecule has 10 heteroatoms. The van der Waals surface area contributed by atoms with Gasteiger partial charge in [-0.05, 0) is 34.7 Å². The SMILES string of the molecule is Nc1cc(I)c(S(N)(=O)=O)cc1S(N)(=O)=O. The third kappa shape index (κ3) is 2.82. The van der Waals surface area contributed by atoms with Crippen LogP contribution in [0.2, 0.25) is 0 Å². The van der Waals surface area contributed by atoms with Crippen molar-refractivity contribution in [2.24, 2.45) is 10.3 Å². The van der Waals surface area contributed by atoms with Crippen LogP contribution in [-0.2, 0) is 20.0 Å². The van der Waals surface area contributed by atoms with Gasteiger partial charge in [-0.3, -0.25) is 0 Å². The molecule has 16 heavy (non-hydrogen) atoms. The summed E-state index contributed by atoms with van der Waals surface area (Å²) in [5.41, 5.74) is 5.29. The van der Waals surface area contributed by atoms with E-state index >= 15 is 0 Å². The Morgan fingerprint density at radius 3 is 1.75 bits per heavy atom. The maximum absolute atomic E-state index is 11.1. The summed E-state index contributed by atoms with van der Waals surface area (Å²) in [6, 6.07) is 2.03. The van der Waals surface area contributed by atoms with Crippen LogP contribution in [0, 0.1) is 3.57 Å². The highest BCUT2D eigenvalue weighted by atomic mass is 127. The van der Waals surface area contributed by atoms with Crippen molar-refractivity contribution in [3.8, 4) is 0 Å². The zero-order valence-electron chi connectivity index (χ0n) is 7.71. The van der Waals surface area contributed by atoms with Gasteiger partial charge in [-0.1, -0.05) is 0 Å². The van der Waals surface area contributed by atoms with Gasteiger partial charge in [-0.15, -0.1) is 0 Å². The van der Waals surface area contributed by atoms with Crippen LogP contribution in [0.5, 0.6) is 0 Å². The lowest BCUT2D eigenvalue weighted by atomic mass is 10.3. The normalized spacial score (nSPS) is 12.7. The summed E-state index contributed by atoms with van der Waals surface area (Å²) in [7, 11) is -8.10. The van der Waals surface area contributed by atoms with Crippen LogP contribution in [0.3, 0.4) is 0 Å². The van der Waals surface area contributed by atoms with Gasteiger partial charge < -0.3 is 5.73 Å². The predicted octanol–water partition coefficient (Wildman–Crippen LogP) is -0.832. The number of nitrogens with two attached hydrogens (primary N) is 3. The number of benzene rings is 1. The topological polar surface area (TPSA) is 146 Å². The molecule has 0 unspecified atom stereocenters. The number of hydrogen-bond acceptors (Lipinski definition) is 5. The first-order chi connectivity index (χ1) is 7.03. The monoisotopic (exact) mass is 377 g/mol. The van der Waals surface area contributed by atoms with Gasteiger partial charge in [0.05, 0.1) is 10.6 Å². The molecule has 0 heterocycles. The molecule has 1 aromatic carbocycles. The van der Waals surface area contributed by atoms with Gasteiger partial charge in [-0.2, -0.15) is 0 Å². The van der Waals surface area contributed by atoms with Crippen molar-refractivity contribution < 1.29 is 16.8 Å². The minimum atomic E-state index is -4.08. The molecule has 0 spiro atoms. The molecule has 0 saturated carbocycles. The van der Waals surface area contributed by atoms with Crippen LogP contribution in [-0.4, -0.2) is 16.8 Å². The molecule has 7 nitrogen and oxygen atoms in total. The van der Waals surface area contributed by atoms with Crippen LogP contribution in [0.15, 0.2) is 21.9 Å². The minimum Gasteiger partial charge on any atom is -0.398 e. The summed E-state index contributed by atoms with van der Waals surface area (Å²) in [6.07, 6.45) is 0. The molecule has 1 rings (SSSR count). The second-order valence-electron chi connectivity index (χ2n) is 2.91. The first-order valence-corrected chi connectivity index (χ1v) is 7.85. The Morgan fingerprint density at radius 2 is 1.38 bits per heavy atom. The van der Waals surface area contributed by atoms with Crippen LogP contribution in [0.4, 0.5) is 5.69 Å². The Kier molecular flexibility index (Phi) is 3.50.